The van der Waals surface area contributed by atoms with E-state index < -0.39 is 36.4 Å². The van der Waals surface area contributed by atoms with Crippen molar-refractivity contribution < 1.29 is 33.3 Å². The van der Waals surface area contributed by atoms with Crippen LogP contribution in [-0.4, -0.2) is 55.5 Å². The number of esters is 2. The molecule has 8 heteroatoms. The molecule has 1 unspecified atom stereocenters. The minimum Gasteiger partial charge on any atom is -0.467 e. The van der Waals surface area contributed by atoms with Gasteiger partial charge in [-0.2, -0.15) is 0 Å². The van der Waals surface area contributed by atoms with Crippen LogP contribution in [0, 0.1) is 0 Å². The molecule has 26 heavy (non-hydrogen) atoms. The van der Waals surface area contributed by atoms with Crippen molar-refractivity contribution in [2.24, 2.45) is 0 Å². The highest BCUT2D eigenvalue weighted by Crippen LogP contribution is 2.28. The first kappa shape index (κ1) is 19.7. The predicted octanol–water partition coefficient (Wildman–Crippen LogP) is 1.86. The Balaban J connectivity index is 2.18. The van der Waals surface area contributed by atoms with E-state index in [0.717, 1.165) is 10.5 Å². The molecule has 0 N–H and O–H groups in total. The summed E-state index contributed by atoms with van der Waals surface area (Å²) in [5.74, 6) is -1.07. The number of rotatable bonds is 5. The van der Waals surface area contributed by atoms with Gasteiger partial charge >= 0.3 is 18.0 Å². The Labute approximate surface area is 152 Å². The van der Waals surface area contributed by atoms with Gasteiger partial charge in [-0.1, -0.05) is 30.3 Å². The molecule has 8 nitrogen and oxygen atoms in total. The Morgan fingerprint density at radius 1 is 1.12 bits per heavy atom. The molecule has 0 aliphatic carbocycles. The molecule has 1 aromatic carbocycles. The lowest BCUT2D eigenvalue weighted by Crippen LogP contribution is -2.60. The molecule has 1 aliphatic rings. The van der Waals surface area contributed by atoms with Gasteiger partial charge in [-0.15, -0.1) is 0 Å². The van der Waals surface area contributed by atoms with E-state index in [4.69, 9.17) is 18.9 Å². The lowest BCUT2D eigenvalue weighted by atomic mass is 9.98. The first-order chi connectivity index (χ1) is 12.5. The van der Waals surface area contributed by atoms with Crippen LogP contribution >= 0.6 is 0 Å². The molecule has 0 aromatic heterocycles. The van der Waals surface area contributed by atoms with Crippen molar-refractivity contribution in [3.05, 3.63) is 35.9 Å². The third kappa shape index (κ3) is 4.72. The van der Waals surface area contributed by atoms with Crippen LogP contribution in [0.25, 0.3) is 0 Å². The highest BCUT2D eigenvalue weighted by Gasteiger charge is 2.46. The molecule has 3 atom stereocenters. The quantitative estimate of drug-likeness (QED) is 0.581. The number of carbonyl (C=O) groups is 3. The van der Waals surface area contributed by atoms with Gasteiger partial charge in [0.15, 0.2) is 6.23 Å². The second-order valence-corrected chi connectivity index (χ2v) is 5.84. The third-order valence-corrected chi connectivity index (χ3v) is 4.10. The summed E-state index contributed by atoms with van der Waals surface area (Å²) in [7, 11) is 2.62. The molecule has 1 aromatic rings. The first-order valence-electron chi connectivity index (χ1n) is 8.24. The second kappa shape index (κ2) is 9.19. The number of methoxy groups -OCH3 is 2. The largest absolute Gasteiger partial charge is 0.467 e. The summed E-state index contributed by atoms with van der Waals surface area (Å²) in [6.45, 7) is 1.32. The molecule has 0 bridgehead atoms. The summed E-state index contributed by atoms with van der Waals surface area (Å²) in [6, 6.07) is 8.27. The van der Waals surface area contributed by atoms with Gasteiger partial charge in [-0.25, -0.2) is 9.59 Å². The van der Waals surface area contributed by atoms with E-state index in [1.165, 1.54) is 21.1 Å². The van der Waals surface area contributed by atoms with E-state index in [9.17, 15) is 14.4 Å². The second-order valence-electron chi connectivity index (χ2n) is 5.84. The van der Waals surface area contributed by atoms with Gasteiger partial charge in [0.1, 0.15) is 18.8 Å². The maximum atomic E-state index is 12.7. The van der Waals surface area contributed by atoms with Gasteiger partial charge in [0, 0.05) is 14.0 Å². The van der Waals surface area contributed by atoms with Crippen molar-refractivity contribution in [2.45, 2.75) is 44.7 Å². The summed E-state index contributed by atoms with van der Waals surface area (Å²) in [5, 5.41) is 0. The first-order valence-corrected chi connectivity index (χ1v) is 8.24. The monoisotopic (exact) mass is 365 g/mol. The molecule has 142 valence electrons. The van der Waals surface area contributed by atoms with Crippen molar-refractivity contribution in [1.82, 2.24) is 4.90 Å². The van der Waals surface area contributed by atoms with Crippen molar-refractivity contribution >= 4 is 18.0 Å². The van der Waals surface area contributed by atoms with Crippen molar-refractivity contribution in [3.8, 4) is 0 Å². The lowest BCUT2D eigenvalue weighted by molar-refractivity contribution is -0.184. The highest BCUT2D eigenvalue weighted by molar-refractivity contribution is 5.82. The fraction of sp³-hybridized carbons (Fsp3) is 0.500. The molecule has 1 heterocycles. The molecular formula is C18H23NO7. The van der Waals surface area contributed by atoms with Crippen LogP contribution in [0.2, 0.25) is 0 Å². The Hall–Kier alpha value is -2.61. The number of amides is 1. The molecule has 1 amide bonds. The molecule has 1 aliphatic heterocycles. The fourth-order valence-electron chi connectivity index (χ4n) is 2.95. The molecular weight excluding hydrogens is 342 g/mol. The average molecular weight is 365 g/mol. The maximum absolute atomic E-state index is 12.7. The smallest absolute Gasteiger partial charge is 0.413 e. The Bertz CT molecular complexity index is 634. The van der Waals surface area contributed by atoms with E-state index in [2.05, 4.69) is 0 Å². The number of nitrogens with zero attached hydrogens (tertiary/aromatic N) is 1. The summed E-state index contributed by atoms with van der Waals surface area (Å²) >= 11 is 0. The molecule has 1 fully saturated rings. The van der Waals surface area contributed by atoms with Gasteiger partial charge in [-0.05, 0) is 18.4 Å². The molecule has 1 saturated heterocycles. The van der Waals surface area contributed by atoms with E-state index in [1.807, 2.05) is 30.3 Å². The van der Waals surface area contributed by atoms with Gasteiger partial charge in [0.25, 0.3) is 0 Å². The van der Waals surface area contributed by atoms with Gasteiger partial charge in [0.05, 0.1) is 7.11 Å². The summed E-state index contributed by atoms with van der Waals surface area (Å²) in [4.78, 5) is 37.3. The summed E-state index contributed by atoms with van der Waals surface area (Å²) in [5.41, 5.74) is 0.804. The number of likely N-dealkylation sites (tertiary alicyclic amines) is 1. The zero-order valence-electron chi connectivity index (χ0n) is 15.0. The third-order valence-electron chi connectivity index (χ3n) is 4.10. The van der Waals surface area contributed by atoms with Crippen molar-refractivity contribution in [2.75, 3.05) is 14.2 Å². The van der Waals surface area contributed by atoms with Crippen LogP contribution in [-0.2, 0) is 35.1 Å². The molecule has 0 radical (unpaired) electrons. The predicted molar refractivity (Wildman–Crippen MR) is 89.9 cm³/mol. The van der Waals surface area contributed by atoms with Crippen molar-refractivity contribution in [3.63, 3.8) is 0 Å². The number of benzene rings is 1. The summed E-state index contributed by atoms with van der Waals surface area (Å²) in [6.07, 6.45) is -1.75. The van der Waals surface area contributed by atoms with Crippen LogP contribution in [0.4, 0.5) is 4.79 Å². The lowest BCUT2D eigenvalue weighted by Gasteiger charge is -2.42. The maximum Gasteiger partial charge on any atom is 0.413 e. The summed E-state index contributed by atoms with van der Waals surface area (Å²) < 4.78 is 20.7. The topological polar surface area (TPSA) is 91.4 Å². The molecule has 0 saturated carbocycles. The Morgan fingerprint density at radius 3 is 2.38 bits per heavy atom. The number of carbonyl (C=O) groups excluding carboxylic acids is 3. The number of hydrogen-bond acceptors (Lipinski definition) is 7. The van der Waals surface area contributed by atoms with E-state index in [0.29, 0.717) is 6.42 Å². The number of hydrogen-bond donors (Lipinski definition) is 0. The van der Waals surface area contributed by atoms with Crippen LogP contribution in [0.15, 0.2) is 30.3 Å². The fourth-order valence-corrected chi connectivity index (χ4v) is 2.95. The van der Waals surface area contributed by atoms with Crippen LogP contribution < -0.4 is 0 Å². The SMILES string of the molecule is COC(=O)[C@@H]1CC[C@@H](OC(C)=O)C(OC)N1C(=O)OCc1ccccc1. The number of ether oxygens (including phenoxy) is 4. The van der Waals surface area contributed by atoms with Crippen LogP contribution in [0.5, 0.6) is 0 Å². The Kier molecular flexibility index (Phi) is 6.97. The van der Waals surface area contributed by atoms with E-state index in [-0.39, 0.29) is 13.0 Å². The molecule has 2 rings (SSSR count). The molecule has 0 spiro atoms. The zero-order chi connectivity index (χ0) is 19.1. The highest BCUT2D eigenvalue weighted by atomic mass is 16.6. The van der Waals surface area contributed by atoms with Gasteiger partial charge in [0.2, 0.25) is 0 Å². The zero-order valence-corrected chi connectivity index (χ0v) is 15.0. The van der Waals surface area contributed by atoms with Crippen molar-refractivity contribution in [1.29, 1.82) is 0 Å². The Morgan fingerprint density at radius 2 is 1.81 bits per heavy atom. The van der Waals surface area contributed by atoms with E-state index in [1.54, 1.807) is 0 Å². The average Bonchev–Trinajstić information content (AvgIpc) is 2.65. The van der Waals surface area contributed by atoms with E-state index >= 15 is 0 Å². The standard InChI is InChI=1S/C18H23NO7/c1-12(20)26-15-10-9-14(17(21)24-3)19(16(15)23-2)18(22)25-11-13-7-5-4-6-8-13/h4-8,14-16H,9-11H2,1-3H3/t14-,15+,16?/m0/s1. The number of piperidine rings is 1. The van der Waals surface area contributed by atoms with Gasteiger partial charge in [-0.3, -0.25) is 9.69 Å². The minimum atomic E-state index is -0.944. The van der Waals surface area contributed by atoms with Crippen LogP contribution in [0.1, 0.15) is 25.3 Å². The van der Waals surface area contributed by atoms with Gasteiger partial charge < -0.3 is 18.9 Å². The van der Waals surface area contributed by atoms with Crippen LogP contribution in [0.3, 0.4) is 0 Å². The minimum absolute atomic E-state index is 0.0404. The normalized spacial score (nSPS) is 22.4.